The van der Waals surface area contributed by atoms with E-state index in [4.69, 9.17) is 4.74 Å². The molecule has 7 heteroatoms. The minimum absolute atomic E-state index is 0.0342. The SMILES string of the molecule is CCN1CCOC(CNS(=O)(=O)CCNC)C1. The van der Waals surface area contributed by atoms with Gasteiger partial charge in [0.25, 0.3) is 0 Å². The highest BCUT2D eigenvalue weighted by atomic mass is 32.2. The Hall–Kier alpha value is -0.210. The zero-order valence-electron chi connectivity index (χ0n) is 10.6. The van der Waals surface area contributed by atoms with Crippen molar-refractivity contribution < 1.29 is 13.2 Å². The Balaban J connectivity index is 2.29. The standard InChI is InChI=1S/C10H23N3O3S/c1-3-13-5-6-16-10(9-13)8-12-17(14,15)7-4-11-2/h10-12H,3-9H2,1-2H3. The van der Waals surface area contributed by atoms with Crippen molar-refractivity contribution in [2.45, 2.75) is 13.0 Å². The van der Waals surface area contributed by atoms with Crippen molar-refractivity contribution >= 4 is 10.0 Å². The monoisotopic (exact) mass is 265 g/mol. The molecule has 1 aliphatic rings. The molecule has 0 aromatic heterocycles. The largest absolute Gasteiger partial charge is 0.374 e. The summed E-state index contributed by atoms with van der Waals surface area (Å²) < 4.78 is 31.2. The molecular formula is C10H23N3O3S. The predicted molar refractivity (Wildman–Crippen MR) is 67.6 cm³/mol. The smallest absolute Gasteiger partial charge is 0.212 e. The molecule has 1 atom stereocenters. The van der Waals surface area contributed by atoms with Gasteiger partial charge in [0.05, 0.1) is 18.5 Å². The molecule has 0 aromatic rings. The molecule has 2 N–H and O–H groups in total. The first-order chi connectivity index (χ1) is 8.07. The number of hydrogen-bond acceptors (Lipinski definition) is 5. The van der Waals surface area contributed by atoms with E-state index in [1.807, 2.05) is 0 Å². The second-order valence-corrected chi connectivity index (χ2v) is 6.08. The minimum atomic E-state index is -3.18. The third kappa shape index (κ3) is 5.78. The highest BCUT2D eigenvalue weighted by Gasteiger charge is 2.21. The van der Waals surface area contributed by atoms with E-state index in [1.165, 1.54) is 0 Å². The van der Waals surface area contributed by atoms with E-state index in [2.05, 4.69) is 21.9 Å². The van der Waals surface area contributed by atoms with Crippen molar-refractivity contribution in [3.63, 3.8) is 0 Å². The van der Waals surface area contributed by atoms with E-state index in [-0.39, 0.29) is 11.9 Å². The fourth-order valence-electron chi connectivity index (χ4n) is 1.72. The summed E-state index contributed by atoms with van der Waals surface area (Å²) in [6, 6.07) is 0. The lowest BCUT2D eigenvalue weighted by Gasteiger charge is -2.32. The van der Waals surface area contributed by atoms with Gasteiger partial charge in [0, 0.05) is 26.2 Å². The molecule has 0 bridgehead atoms. The average molecular weight is 265 g/mol. The van der Waals surface area contributed by atoms with E-state index in [9.17, 15) is 8.42 Å². The van der Waals surface area contributed by atoms with E-state index in [0.717, 1.165) is 19.6 Å². The summed E-state index contributed by atoms with van der Waals surface area (Å²) in [5, 5.41) is 2.82. The van der Waals surface area contributed by atoms with Crippen LogP contribution in [0.5, 0.6) is 0 Å². The second-order valence-electron chi connectivity index (χ2n) is 4.16. The average Bonchev–Trinajstić information content (AvgIpc) is 2.34. The first-order valence-corrected chi connectivity index (χ1v) is 7.68. The summed E-state index contributed by atoms with van der Waals surface area (Å²) in [6.07, 6.45) is -0.0342. The van der Waals surface area contributed by atoms with Crippen LogP contribution in [0, 0.1) is 0 Å². The molecule has 17 heavy (non-hydrogen) atoms. The van der Waals surface area contributed by atoms with Crippen LogP contribution in [0.1, 0.15) is 6.92 Å². The van der Waals surface area contributed by atoms with Gasteiger partial charge in [-0.3, -0.25) is 4.90 Å². The maximum Gasteiger partial charge on any atom is 0.212 e. The summed E-state index contributed by atoms with van der Waals surface area (Å²) in [5.41, 5.74) is 0. The molecule has 0 amide bonds. The quantitative estimate of drug-likeness (QED) is 0.608. The molecule has 6 nitrogen and oxygen atoms in total. The van der Waals surface area contributed by atoms with Crippen molar-refractivity contribution in [3.8, 4) is 0 Å². The van der Waals surface area contributed by atoms with Crippen molar-refractivity contribution in [1.29, 1.82) is 0 Å². The Bertz CT molecular complexity index is 308. The summed E-state index contributed by atoms with van der Waals surface area (Å²) in [4.78, 5) is 2.26. The molecule has 102 valence electrons. The summed E-state index contributed by atoms with van der Waals surface area (Å²) in [6.45, 7) is 6.30. The lowest BCUT2D eigenvalue weighted by Crippen LogP contribution is -2.47. The van der Waals surface area contributed by atoms with Gasteiger partial charge in [-0.1, -0.05) is 6.92 Å². The first kappa shape index (κ1) is 14.8. The number of rotatable bonds is 7. The highest BCUT2D eigenvalue weighted by molar-refractivity contribution is 7.89. The van der Waals surface area contributed by atoms with Crippen LogP contribution in [0.4, 0.5) is 0 Å². The van der Waals surface area contributed by atoms with Crippen LogP contribution in [-0.4, -0.2) is 71.6 Å². The van der Waals surface area contributed by atoms with Gasteiger partial charge in [0.2, 0.25) is 10.0 Å². The fraction of sp³-hybridized carbons (Fsp3) is 1.00. The number of nitrogens with zero attached hydrogens (tertiary/aromatic N) is 1. The topological polar surface area (TPSA) is 70.7 Å². The normalized spacial score (nSPS) is 22.8. The van der Waals surface area contributed by atoms with Gasteiger partial charge in [-0.15, -0.1) is 0 Å². The van der Waals surface area contributed by atoms with E-state index in [0.29, 0.717) is 19.7 Å². The highest BCUT2D eigenvalue weighted by Crippen LogP contribution is 2.04. The van der Waals surface area contributed by atoms with E-state index < -0.39 is 10.0 Å². The summed E-state index contributed by atoms with van der Waals surface area (Å²) >= 11 is 0. The van der Waals surface area contributed by atoms with Gasteiger partial charge >= 0.3 is 0 Å². The van der Waals surface area contributed by atoms with Crippen molar-refractivity contribution in [2.75, 3.05) is 52.1 Å². The Kier molecular flexibility index (Phi) is 6.35. The maximum atomic E-state index is 11.6. The van der Waals surface area contributed by atoms with Crippen LogP contribution in [0.25, 0.3) is 0 Å². The zero-order chi connectivity index (χ0) is 12.7. The number of nitrogens with one attached hydrogen (secondary N) is 2. The predicted octanol–water partition coefficient (Wildman–Crippen LogP) is -1.15. The number of likely N-dealkylation sites (N-methyl/N-ethyl adjacent to an activating group) is 1. The lowest BCUT2D eigenvalue weighted by atomic mass is 10.3. The van der Waals surface area contributed by atoms with Crippen LogP contribution < -0.4 is 10.0 Å². The summed E-state index contributed by atoms with van der Waals surface area (Å²) in [5.74, 6) is 0.105. The maximum absolute atomic E-state index is 11.6. The molecule has 1 saturated heterocycles. The molecular weight excluding hydrogens is 242 g/mol. The van der Waals surface area contributed by atoms with Gasteiger partial charge in [-0.25, -0.2) is 13.1 Å². The molecule has 0 aromatic carbocycles. The molecule has 1 rings (SSSR count). The number of hydrogen-bond donors (Lipinski definition) is 2. The summed E-state index contributed by atoms with van der Waals surface area (Å²) in [7, 11) is -1.44. The third-order valence-electron chi connectivity index (χ3n) is 2.82. The Morgan fingerprint density at radius 2 is 2.24 bits per heavy atom. The molecule has 0 radical (unpaired) electrons. The van der Waals surface area contributed by atoms with E-state index in [1.54, 1.807) is 7.05 Å². The Morgan fingerprint density at radius 3 is 2.88 bits per heavy atom. The molecule has 0 saturated carbocycles. The second kappa shape index (κ2) is 7.27. The van der Waals surface area contributed by atoms with Crippen molar-refractivity contribution in [2.24, 2.45) is 0 Å². The molecule has 1 heterocycles. The van der Waals surface area contributed by atoms with Crippen LogP contribution in [0.15, 0.2) is 0 Å². The van der Waals surface area contributed by atoms with Crippen LogP contribution in [0.3, 0.4) is 0 Å². The lowest BCUT2D eigenvalue weighted by molar-refractivity contribution is -0.0229. The minimum Gasteiger partial charge on any atom is -0.374 e. The van der Waals surface area contributed by atoms with Gasteiger partial charge in [-0.2, -0.15) is 0 Å². The van der Waals surface area contributed by atoms with Crippen molar-refractivity contribution in [1.82, 2.24) is 14.9 Å². The van der Waals surface area contributed by atoms with Crippen molar-refractivity contribution in [3.05, 3.63) is 0 Å². The molecule has 1 aliphatic heterocycles. The van der Waals surface area contributed by atoms with E-state index >= 15 is 0 Å². The first-order valence-electron chi connectivity index (χ1n) is 6.03. The van der Waals surface area contributed by atoms with Crippen LogP contribution in [-0.2, 0) is 14.8 Å². The van der Waals surface area contributed by atoms with Crippen LogP contribution in [0.2, 0.25) is 0 Å². The fourth-order valence-corrected chi connectivity index (χ4v) is 2.78. The Morgan fingerprint density at radius 1 is 1.47 bits per heavy atom. The zero-order valence-corrected chi connectivity index (χ0v) is 11.4. The number of sulfonamides is 1. The molecule has 0 spiro atoms. The number of ether oxygens (including phenoxy) is 1. The third-order valence-corrected chi connectivity index (χ3v) is 4.17. The number of morpholine rings is 1. The molecule has 1 fully saturated rings. The van der Waals surface area contributed by atoms with Gasteiger partial charge in [0.15, 0.2) is 0 Å². The van der Waals surface area contributed by atoms with Crippen LogP contribution >= 0.6 is 0 Å². The van der Waals surface area contributed by atoms with Gasteiger partial charge in [-0.05, 0) is 13.6 Å². The molecule has 0 aliphatic carbocycles. The van der Waals surface area contributed by atoms with Gasteiger partial charge in [0.1, 0.15) is 0 Å². The van der Waals surface area contributed by atoms with Gasteiger partial charge < -0.3 is 10.1 Å². The Labute approximate surface area is 104 Å². The molecule has 1 unspecified atom stereocenters.